The number of aromatic nitrogens is 8. The van der Waals surface area contributed by atoms with E-state index in [9.17, 15) is 0 Å². The number of nitrogens with one attached hydrogen (secondary N) is 1. The Morgan fingerprint density at radius 3 is 2.20 bits per heavy atom. The number of rotatable bonds is 15. The van der Waals surface area contributed by atoms with Gasteiger partial charge in [-0.2, -0.15) is 5.21 Å². The maximum Gasteiger partial charge on any atom is 0.262 e. The Morgan fingerprint density at radius 1 is 0.805 bits per heavy atom. The first-order valence-electron chi connectivity index (χ1n) is 13.6. The molecule has 12 nitrogen and oxygen atoms in total. The molecule has 1 N–H and O–H groups in total. The van der Waals surface area contributed by atoms with E-state index in [1.807, 2.05) is 18.2 Å². The number of H-pyrrole nitrogens is 1. The van der Waals surface area contributed by atoms with E-state index in [0.29, 0.717) is 56.1 Å². The van der Waals surface area contributed by atoms with Crippen LogP contribution in [0.15, 0.2) is 48.5 Å². The monoisotopic (exact) mass is 558 g/mol. The van der Waals surface area contributed by atoms with Crippen molar-refractivity contribution < 1.29 is 18.9 Å². The van der Waals surface area contributed by atoms with E-state index in [4.69, 9.17) is 23.9 Å². The van der Waals surface area contributed by atoms with Gasteiger partial charge in [0.15, 0.2) is 5.52 Å². The average Bonchev–Trinajstić information content (AvgIpc) is 3.67. The van der Waals surface area contributed by atoms with Crippen LogP contribution in [0.4, 0.5) is 0 Å². The molecule has 0 unspecified atom stereocenters. The number of imidazole rings is 1. The smallest absolute Gasteiger partial charge is 0.262 e. The van der Waals surface area contributed by atoms with Gasteiger partial charge >= 0.3 is 0 Å². The van der Waals surface area contributed by atoms with Crippen molar-refractivity contribution in [2.75, 3.05) is 40.6 Å². The van der Waals surface area contributed by atoms with Crippen LogP contribution in [0.3, 0.4) is 0 Å². The molecule has 0 aliphatic carbocycles. The van der Waals surface area contributed by atoms with E-state index in [0.717, 1.165) is 52.9 Å². The van der Waals surface area contributed by atoms with Crippen LogP contribution in [0.2, 0.25) is 0 Å². The summed E-state index contributed by atoms with van der Waals surface area (Å²) in [5.74, 6) is 2.25. The van der Waals surface area contributed by atoms with Crippen molar-refractivity contribution in [3.8, 4) is 34.3 Å². The molecule has 0 radical (unpaired) electrons. The second-order valence-electron chi connectivity index (χ2n) is 9.39. The van der Waals surface area contributed by atoms with Crippen molar-refractivity contribution in [1.29, 1.82) is 0 Å². The second kappa shape index (κ2) is 13.8. The van der Waals surface area contributed by atoms with E-state index in [1.165, 1.54) is 0 Å². The highest BCUT2D eigenvalue weighted by Crippen LogP contribution is 2.33. The van der Waals surface area contributed by atoms with Crippen LogP contribution in [0.5, 0.6) is 11.8 Å². The molecule has 0 atom stereocenters. The predicted molar refractivity (Wildman–Crippen MR) is 153 cm³/mol. The molecule has 0 aliphatic heterocycles. The summed E-state index contributed by atoms with van der Waals surface area (Å²) < 4.78 is 24.4. The molecule has 0 saturated carbocycles. The number of methoxy groups -OCH3 is 2. The lowest BCUT2D eigenvalue weighted by molar-refractivity contribution is 0.140. The Labute approximate surface area is 238 Å². The van der Waals surface area contributed by atoms with E-state index in [1.54, 1.807) is 14.2 Å². The third-order valence-corrected chi connectivity index (χ3v) is 6.61. The van der Waals surface area contributed by atoms with Crippen molar-refractivity contribution in [3.05, 3.63) is 59.9 Å². The summed E-state index contributed by atoms with van der Waals surface area (Å²) >= 11 is 0. The van der Waals surface area contributed by atoms with Crippen LogP contribution in [-0.2, 0) is 22.4 Å². The van der Waals surface area contributed by atoms with Crippen molar-refractivity contribution in [1.82, 2.24) is 40.4 Å². The molecule has 3 aromatic heterocycles. The number of aromatic amines is 1. The highest BCUT2D eigenvalue weighted by atomic mass is 16.5. The number of aryl methyl sites for hydroxylation is 1. The lowest BCUT2D eigenvalue weighted by Gasteiger charge is -2.13. The minimum absolute atomic E-state index is 0.341. The molecular weight excluding hydrogens is 524 g/mol. The molecule has 0 aliphatic rings. The molecule has 0 fully saturated rings. The molecule has 41 heavy (non-hydrogen) atoms. The van der Waals surface area contributed by atoms with E-state index >= 15 is 0 Å². The molecular formula is C29H34N8O4. The minimum atomic E-state index is 0.341. The number of fused-ring (bicyclic) bond motifs is 1. The van der Waals surface area contributed by atoms with E-state index < -0.39 is 0 Å². The lowest BCUT2D eigenvalue weighted by atomic mass is 9.98. The molecule has 5 rings (SSSR count). The number of hydrogen-bond donors (Lipinski definition) is 1. The van der Waals surface area contributed by atoms with E-state index in [-0.39, 0.29) is 0 Å². The number of ether oxygens (including phenoxy) is 4. The molecule has 0 spiro atoms. The summed E-state index contributed by atoms with van der Waals surface area (Å²) in [6.07, 6.45) is 2.84. The highest BCUT2D eigenvalue weighted by Gasteiger charge is 2.22. The molecule has 12 heteroatoms. The van der Waals surface area contributed by atoms with Gasteiger partial charge < -0.3 is 23.5 Å². The second-order valence-corrected chi connectivity index (χ2v) is 9.39. The highest BCUT2D eigenvalue weighted by molar-refractivity contribution is 5.85. The number of unbranched alkanes of at least 4 members (excludes halogenated alkanes) is 1. The van der Waals surface area contributed by atoms with Gasteiger partial charge in [0.05, 0.1) is 13.2 Å². The van der Waals surface area contributed by atoms with Gasteiger partial charge in [-0.1, -0.05) is 61.9 Å². The Kier molecular flexibility index (Phi) is 9.45. The van der Waals surface area contributed by atoms with Crippen molar-refractivity contribution in [3.63, 3.8) is 0 Å². The first-order valence-corrected chi connectivity index (χ1v) is 13.6. The fourth-order valence-electron chi connectivity index (χ4n) is 4.56. The molecule has 0 saturated heterocycles. The van der Waals surface area contributed by atoms with Crippen molar-refractivity contribution >= 4 is 11.0 Å². The Bertz CT molecular complexity index is 1540. The normalized spacial score (nSPS) is 11.3. The summed E-state index contributed by atoms with van der Waals surface area (Å²) in [7, 11) is 3.26. The summed E-state index contributed by atoms with van der Waals surface area (Å²) in [6, 6.07) is 16.5. The number of benzene rings is 2. The third-order valence-electron chi connectivity index (χ3n) is 6.61. The van der Waals surface area contributed by atoms with Crippen molar-refractivity contribution in [2.24, 2.45) is 0 Å². The topological polar surface area (TPSA) is 135 Å². The summed E-state index contributed by atoms with van der Waals surface area (Å²) in [5.41, 5.74) is 5.47. The number of nitrogens with zero attached hydrogens (tertiary/aromatic N) is 7. The van der Waals surface area contributed by atoms with Gasteiger partial charge in [0.2, 0.25) is 5.82 Å². The minimum Gasteiger partial charge on any atom is -0.473 e. The zero-order valence-electron chi connectivity index (χ0n) is 23.5. The quantitative estimate of drug-likeness (QED) is 0.187. The SMILES string of the molecule is CCCCc1nc2c(OCCOC)nnc(OCCOC)c2n1Cc1ccc(-c2ccccc2-c2nn[nH]n2)cc1. The summed E-state index contributed by atoms with van der Waals surface area (Å²) in [4.78, 5) is 4.98. The maximum absolute atomic E-state index is 6.00. The zero-order valence-corrected chi connectivity index (χ0v) is 23.5. The fraction of sp³-hybridized carbons (Fsp3) is 0.379. The summed E-state index contributed by atoms with van der Waals surface area (Å²) in [5, 5.41) is 23.2. The molecule has 3 heterocycles. The van der Waals surface area contributed by atoms with Gasteiger partial charge in [0, 0.05) is 32.7 Å². The molecule has 2 aromatic carbocycles. The predicted octanol–water partition coefficient (Wildman–Crippen LogP) is 4.11. The first-order chi connectivity index (χ1) is 20.2. The number of hydrogen-bond acceptors (Lipinski definition) is 10. The van der Waals surface area contributed by atoms with Crippen LogP contribution in [0, 0.1) is 0 Å². The van der Waals surface area contributed by atoms with Gasteiger partial charge in [-0.05, 0) is 28.3 Å². The van der Waals surface area contributed by atoms with Crippen LogP contribution in [0.25, 0.3) is 33.5 Å². The Balaban J connectivity index is 1.51. The van der Waals surface area contributed by atoms with Gasteiger partial charge in [-0.3, -0.25) is 0 Å². The largest absolute Gasteiger partial charge is 0.473 e. The molecule has 0 bridgehead atoms. The third kappa shape index (κ3) is 6.50. The Morgan fingerprint density at radius 2 is 1.51 bits per heavy atom. The fourth-order valence-corrected chi connectivity index (χ4v) is 4.56. The first kappa shape index (κ1) is 28.1. The number of tetrazole rings is 1. The van der Waals surface area contributed by atoms with E-state index in [2.05, 4.69) is 72.6 Å². The molecule has 0 amide bonds. The van der Waals surface area contributed by atoms with Gasteiger partial charge in [0.25, 0.3) is 11.8 Å². The Hall–Kier alpha value is -4.42. The van der Waals surface area contributed by atoms with Crippen LogP contribution < -0.4 is 9.47 Å². The van der Waals surface area contributed by atoms with Crippen LogP contribution >= 0.6 is 0 Å². The zero-order chi connectivity index (χ0) is 28.4. The molecule has 5 aromatic rings. The van der Waals surface area contributed by atoms with Gasteiger partial charge in [-0.15, -0.1) is 20.4 Å². The standard InChI is InChI=1S/C29H34N8O4/c1-4-5-10-24-30-25-26(29(41-18-16-39-3)34-33-28(25)40-17-15-38-2)37(24)19-20-11-13-21(14-12-20)22-8-6-7-9-23(22)27-31-35-36-32-27/h6-9,11-14H,4-5,10,15-19H2,1-3H3,(H,31,32,35,36). The van der Waals surface area contributed by atoms with Crippen LogP contribution in [-0.4, -0.2) is 81.0 Å². The van der Waals surface area contributed by atoms with Crippen LogP contribution in [0.1, 0.15) is 31.2 Å². The van der Waals surface area contributed by atoms with Crippen molar-refractivity contribution in [2.45, 2.75) is 32.7 Å². The maximum atomic E-state index is 6.00. The van der Waals surface area contributed by atoms with Gasteiger partial charge in [0.1, 0.15) is 24.6 Å². The summed E-state index contributed by atoms with van der Waals surface area (Å²) in [6.45, 7) is 4.29. The lowest BCUT2D eigenvalue weighted by Crippen LogP contribution is -2.11. The average molecular weight is 559 g/mol. The van der Waals surface area contributed by atoms with Gasteiger partial charge in [-0.25, -0.2) is 4.98 Å². The molecule has 214 valence electrons.